The van der Waals surface area contributed by atoms with E-state index in [4.69, 9.17) is 5.73 Å². The first-order valence-electron chi connectivity index (χ1n) is 11.2. The van der Waals surface area contributed by atoms with Crippen LogP contribution in [0.1, 0.15) is 31.3 Å². The van der Waals surface area contributed by atoms with Gasteiger partial charge < -0.3 is 15.7 Å². The van der Waals surface area contributed by atoms with Gasteiger partial charge in [0.15, 0.2) is 11.3 Å². The highest BCUT2D eigenvalue weighted by atomic mass is 19.1. The summed E-state index contributed by atoms with van der Waals surface area (Å²) < 4.78 is 17.7. The molecule has 34 heavy (non-hydrogen) atoms. The molecule has 1 atom stereocenters. The van der Waals surface area contributed by atoms with Crippen molar-refractivity contribution in [3.8, 4) is 11.8 Å². The molecule has 0 spiro atoms. The number of anilines is 2. The van der Waals surface area contributed by atoms with Gasteiger partial charge in [-0.25, -0.2) is 9.07 Å². The molecular weight excluding hydrogens is 437 g/mol. The number of piperazine rings is 1. The summed E-state index contributed by atoms with van der Waals surface area (Å²) in [4.78, 5) is 13.3. The lowest BCUT2D eigenvalue weighted by atomic mass is 10.1. The Morgan fingerprint density at radius 3 is 2.68 bits per heavy atom. The maximum absolute atomic E-state index is 14.4. The van der Waals surface area contributed by atoms with Gasteiger partial charge in [0, 0.05) is 32.7 Å². The summed E-state index contributed by atoms with van der Waals surface area (Å²) in [5.41, 5.74) is 8.61. The number of aliphatic hydroxyl groups excluding tert-OH is 1. The highest BCUT2D eigenvalue weighted by Crippen LogP contribution is 2.25. The van der Waals surface area contributed by atoms with Crippen LogP contribution < -0.4 is 10.6 Å². The van der Waals surface area contributed by atoms with Crippen molar-refractivity contribution in [3.05, 3.63) is 41.6 Å². The first-order valence-corrected chi connectivity index (χ1v) is 11.2. The fraction of sp³-hybridized carbons (Fsp3) is 0.391. The van der Waals surface area contributed by atoms with Gasteiger partial charge in [-0.15, -0.1) is 5.10 Å². The van der Waals surface area contributed by atoms with Crippen LogP contribution in [0.3, 0.4) is 0 Å². The number of nitrogens with two attached hydrogens (primary N) is 1. The number of rotatable bonds is 5. The number of hydrogen-bond acceptors (Lipinski definition) is 8. The summed E-state index contributed by atoms with van der Waals surface area (Å²) in [6, 6.07) is 4.79. The Morgan fingerprint density at radius 1 is 1.15 bits per heavy atom. The highest BCUT2D eigenvalue weighted by Gasteiger charge is 2.21. The minimum atomic E-state index is -0.627. The van der Waals surface area contributed by atoms with Gasteiger partial charge in [0.25, 0.3) is 0 Å². The third-order valence-corrected chi connectivity index (χ3v) is 6.13. The molecule has 0 saturated carbocycles. The van der Waals surface area contributed by atoms with Crippen LogP contribution in [0.2, 0.25) is 0 Å². The number of aromatic nitrogens is 6. The quantitative estimate of drug-likeness (QED) is 0.428. The molecule has 3 N–H and O–H groups in total. The first kappa shape index (κ1) is 22.1. The summed E-state index contributed by atoms with van der Waals surface area (Å²) in [5, 5.41) is 19.4. The van der Waals surface area contributed by atoms with E-state index in [2.05, 4.69) is 36.9 Å². The third kappa shape index (κ3) is 4.02. The molecule has 1 aliphatic heterocycles. The van der Waals surface area contributed by atoms with E-state index in [1.165, 1.54) is 10.6 Å². The van der Waals surface area contributed by atoms with E-state index in [1.807, 2.05) is 9.58 Å². The van der Waals surface area contributed by atoms with Crippen LogP contribution in [0.25, 0.3) is 16.7 Å². The van der Waals surface area contributed by atoms with E-state index in [0.29, 0.717) is 48.0 Å². The van der Waals surface area contributed by atoms with Crippen LogP contribution in [0.5, 0.6) is 0 Å². The Hall–Kier alpha value is -3.75. The molecule has 4 aromatic rings. The molecule has 0 unspecified atom stereocenters. The normalized spacial score (nSPS) is 15.6. The lowest BCUT2D eigenvalue weighted by Crippen LogP contribution is -2.47. The second kappa shape index (κ2) is 8.89. The molecule has 10 nitrogen and oxygen atoms in total. The van der Waals surface area contributed by atoms with Crippen LogP contribution in [-0.4, -0.2) is 72.1 Å². The Kier molecular flexibility index (Phi) is 5.77. The van der Waals surface area contributed by atoms with Crippen molar-refractivity contribution < 1.29 is 9.50 Å². The molecule has 0 aliphatic carbocycles. The molecule has 5 rings (SSSR count). The smallest absolute Gasteiger partial charge is 0.226 e. The molecule has 11 heteroatoms. The van der Waals surface area contributed by atoms with E-state index in [1.54, 1.807) is 32.2 Å². The Bertz CT molecular complexity index is 1410. The second-order valence-corrected chi connectivity index (χ2v) is 8.34. The topological polar surface area (TPSA) is 114 Å². The van der Waals surface area contributed by atoms with Crippen molar-refractivity contribution in [2.24, 2.45) is 0 Å². The van der Waals surface area contributed by atoms with E-state index in [9.17, 15) is 9.50 Å². The Morgan fingerprint density at radius 2 is 1.94 bits per heavy atom. The maximum Gasteiger partial charge on any atom is 0.226 e. The van der Waals surface area contributed by atoms with Gasteiger partial charge >= 0.3 is 0 Å². The minimum Gasteiger partial charge on any atom is -0.389 e. The standard InChI is InChI=1S/C23H26FN9O/c1-3-4-20-27-22-17-14-26-32(21(17)28-23(25)33(22)29-20)12-9-30-7-10-31(11-8-30)19-13-16(15(2)34)5-6-18(19)24/h5-6,13-15,34H,7-12H2,1-2H3,(H2,25,28)/t15-/m1/s1. The average Bonchev–Trinajstić information content (AvgIpc) is 3.43. The van der Waals surface area contributed by atoms with Crippen LogP contribution in [0, 0.1) is 17.7 Å². The van der Waals surface area contributed by atoms with Gasteiger partial charge in [-0.1, -0.05) is 12.0 Å². The highest BCUT2D eigenvalue weighted by molar-refractivity contribution is 5.89. The molecular formula is C23H26FN9O. The molecule has 1 fully saturated rings. The fourth-order valence-corrected chi connectivity index (χ4v) is 4.27. The molecule has 1 saturated heterocycles. The number of nitrogens with zero attached hydrogens (tertiary/aromatic N) is 8. The van der Waals surface area contributed by atoms with Crippen molar-refractivity contribution in [2.75, 3.05) is 43.4 Å². The number of hydrogen-bond donors (Lipinski definition) is 2. The lowest BCUT2D eigenvalue weighted by Gasteiger charge is -2.36. The fourth-order valence-electron chi connectivity index (χ4n) is 4.27. The van der Waals surface area contributed by atoms with Gasteiger partial charge in [-0.2, -0.15) is 19.6 Å². The molecule has 0 bridgehead atoms. The van der Waals surface area contributed by atoms with Crippen molar-refractivity contribution in [3.63, 3.8) is 0 Å². The van der Waals surface area contributed by atoms with Gasteiger partial charge in [0.05, 0.1) is 29.9 Å². The number of fused-ring (bicyclic) bond motifs is 3. The number of benzene rings is 1. The van der Waals surface area contributed by atoms with E-state index in [0.717, 1.165) is 25.0 Å². The lowest BCUT2D eigenvalue weighted by molar-refractivity contribution is 0.199. The van der Waals surface area contributed by atoms with Crippen molar-refractivity contribution in [1.82, 2.24) is 34.3 Å². The molecule has 4 heterocycles. The molecule has 1 aliphatic rings. The number of nitrogen functional groups attached to an aromatic ring is 1. The SMILES string of the molecule is CC#Cc1nc2c3cnn(CCN4CCN(c5cc([C@@H](C)O)ccc5F)CC4)c3nc(N)n2n1. The van der Waals surface area contributed by atoms with Gasteiger partial charge in [-0.3, -0.25) is 4.90 Å². The zero-order valence-electron chi connectivity index (χ0n) is 19.1. The molecule has 0 radical (unpaired) electrons. The maximum atomic E-state index is 14.4. The zero-order valence-corrected chi connectivity index (χ0v) is 19.1. The molecule has 0 amide bonds. The first-order chi connectivity index (χ1) is 16.4. The number of halogens is 1. The molecule has 1 aromatic carbocycles. The second-order valence-electron chi connectivity index (χ2n) is 8.34. The summed E-state index contributed by atoms with van der Waals surface area (Å²) in [5.74, 6) is 5.99. The van der Waals surface area contributed by atoms with Gasteiger partial charge in [0.1, 0.15) is 5.82 Å². The van der Waals surface area contributed by atoms with E-state index >= 15 is 0 Å². The van der Waals surface area contributed by atoms with Crippen LogP contribution in [0.15, 0.2) is 24.4 Å². The van der Waals surface area contributed by atoms with Crippen LogP contribution >= 0.6 is 0 Å². The van der Waals surface area contributed by atoms with Gasteiger partial charge in [0.2, 0.25) is 11.8 Å². The summed E-state index contributed by atoms with van der Waals surface area (Å²) in [7, 11) is 0. The predicted molar refractivity (Wildman–Crippen MR) is 127 cm³/mol. The number of aliphatic hydroxyl groups is 1. The Labute approximate surface area is 195 Å². The summed E-state index contributed by atoms with van der Waals surface area (Å²) >= 11 is 0. The minimum absolute atomic E-state index is 0.232. The van der Waals surface area contributed by atoms with Crippen molar-refractivity contribution in [1.29, 1.82) is 0 Å². The average molecular weight is 464 g/mol. The predicted octanol–water partition coefficient (Wildman–Crippen LogP) is 1.44. The van der Waals surface area contributed by atoms with E-state index < -0.39 is 6.10 Å². The molecule has 176 valence electrons. The Balaban J connectivity index is 1.27. The van der Waals surface area contributed by atoms with Crippen LogP contribution in [0.4, 0.5) is 16.0 Å². The van der Waals surface area contributed by atoms with Gasteiger partial charge in [-0.05, 0) is 37.5 Å². The van der Waals surface area contributed by atoms with Crippen molar-refractivity contribution in [2.45, 2.75) is 26.5 Å². The van der Waals surface area contributed by atoms with Crippen LogP contribution in [-0.2, 0) is 6.54 Å². The van der Waals surface area contributed by atoms with Crippen molar-refractivity contribution >= 4 is 28.3 Å². The summed E-state index contributed by atoms with van der Waals surface area (Å²) in [6.07, 6.45) is 1.10. The zero-order chi connectivity index (χ0) is 23.8. The third-order valence-electron chi connectivity index (χ3n) is 6.13. The van der Waals surface area contributed by atoms with E-state index in [-0.39, 0.29) is 11.8 Å². The largest absolute Gasteiger partial charge is 0.389 e. The molecule has 3 aromatic heterocycles. The monoisotopic (exact) mass is 463 g/mol. The summed E-state index contributed by atoms with van der Waals surface area (Å²) in [6.45, 7) is 7.80.